The van der Waals surface area contributed by atoms with E-state index in [4.69, 9.17) is 0 Å². The molecule has 0 aromatic heterocycles. The number of fused-ring (bicyclic) bond motifs is 2. The van der Waals surface area contributed by atoms with Crippen molar-refractivity contribution in [3.8, 4) is 0 Å². The van der Waals surface area contributed by atoms with E-state index >= 15 is 0 Å². The lowest BCUT2D eigenvalue weighted by Gasteiger charge is -2.51. The molecule has 1 saturated heterocycles. The average molecular weight is 293 g/mol. The van der Waals surface area contributed by atoms with Crippen LogP contribution in [0.3, 0.4) is 0 Å². The van der Waals surface area contributed by atoms with Crippen molar-refractivity contribution in [2.45, 2.75) is 83.7 Å². The second kappa shape index (κ2) is 6.58. The van der Waals surface area contributed by atoms with Gasteiger partial charge in [-0.15, -0.1) is 0 Å². The third-order valence-corrected chi connectivity index (χ3v) is 7.12. The minimum Gasteiger partial charge on any atom is -0.311 e. The molecule has 3 aliphatic rings. The van der Waals surface area contributed by atoms with Gasteiger partial charge >= 0.3 is 0 Å². The molecule has 1 aliphatic heterocycles. The van der Waals surface area contributed by atoms with E-state index in [-0.39, 0.29) is 0 Å². The van der Waals surface area contributed by atoms with Gasteiger partial charge in [-0.2, -0.15) is 0 Å². The zero-order valence-electron chi connectivity index (χ0n) is 14.5. The fraction of sp³-hybridized carbons (Fsp3) is 1.00. The van der Waals surface area contributed by atoms with Crippen LogP contribution in [-0.2, 0) is 0 Å². The van der Waals surface area contributed by atoms with E-state index in [9.17, 15) is 0 Å². The number of hydrogen-bond donors (Lipinski definition) is 1. The smallest absolute Gasteiger partial charge is 0.0329 e. The summed E-state index contributed by atoms with van der Waals surface area (Å²) in [4.78, 5) is 2.93. The predicted molar refractivity (Wildman–Crippen MR) is 90.5 cm³/mol. The number of nitrogens with zero attached hydrogens (tertiary/aromatic N) is 1. The van der Waals surface area contributed by atoms with Crippen molar-refractivity contribution in [3.05, 3.63) is 0 Å². The van der Waals surface area contributed by atoms with Gasteiger partial charge in [0.1, 0.15) is 0 Å². The van der Waals surface area contributed by atoms with E-state index in [2.05, 4.69) is 31.0 Å². The van der Waals surface area contributed by atoms with Crippen LogP contribution in [0.4, 0.5) is 0 Å². The molecule has 0 spiro atoms. The Labute approximate surface area is 132 Å². The molecule has 0 radical (unpaired) electrons. The van der Waals surface area contributed by atoms with Crippen molar-refractivity contribution < 1.29 is 0 Å². The molecule has 0 amide bonds. The first-order valence-corrected chi connectivity index (χ1v) is 9.69. The molecule has 2 aliphatic carbocycles. The number of rotatable bonds is 6. The Bertz CT molecular complexity index is 336. The lowest BCUT2D eigenvalue weighted by molar-refractivity contribution is 0.00999. The largest absolute Gasteiger partial charge is 0.311 e. The van der Waals surface area contributed by atoms with E-state index in [0.717, 1.165) is 23.8 Å². The maximum atomic E-state index is 3.86. The summed E-state index contributed by atoms with van der Waals surface area (Å²) in [6.45, 7) is 11.0. The number of piperazine rings is 1. The van der Waals surface area contributed by atoms with Crippen molar-refractivity contribution in [2.75, 3.05) is 19.6 Å². The van der Waals surface area contributed by atoms with Crippen LogP contribution in [0, 0.1) is 17.8 Å². The Morgan fingerprint density at radius 1 is 1.10 bits per heavy atom. The summed E-state index contributed by atoms with van der Waals surface area (Å²) in [5, 5.41) is 3.86. The second-order valence-electron chi connectivity index (χ2n) is 8.14. The van der Waals surface area contributed by atoms with Gasteiger partial charge in [-0.1, -0.05) is 33.6 Å². The molecule has 2 heteroatoms. The maximum absolute atomic E-state index is 3.86. The van der Waals surface area contributed by atoms with Gasteiger partial charge in [0.25, 0.3) is 0 Å². The SMILES string of the molecule is CCCC1CN(CC2CC3CCC2C3)C(CC)(CC)CN1. The van der Waals surface area contributed by atoms with Crippen LogP contribution in [0.25, 0.3) is 0 Å². The highest BCUT2D eigenvalue weighted by Gasteiger charge is 2.44. The molecule has 2 bridgehead atoms. The van der Waals surface area contributed by atoms with Gasteiger partial charge in [-0.25, -0.2) is 0 Å². The zero-order valence-corrected chi connectivity index (χ0v) is 14.5. The van der Waals surface area contributed by atoms with Crippen LogP contribution in [0.5, 0.6) is 0 Å². The minimum absolute atomic E-state index is 0.437. The Kier molecular flexibility index (Phi) is 4.95. The monoisotopic (exact) mass is 292 g/mol. The molecule has 1 heterocycles. The standard InChI is InChI=1S/C19H36N2/c1-4-7-18-13-21(19(5-2,6-3)14-20-18)12-17-11-15-8-9-16(17)10-15/h15-18,20H,4-14H2,1-3H3. The Morgan fingerprint density at radius 3 is 2.48 bits per heavy atom. The van der Waals surface area contributed by atoms with Crippen LogP contribution >= 0.6 is 0 Å². The molecule has 2 saturated carbocycles. The molecule has 3 rings (SSSR count). The molecule has 4 unspecified atom stereocenters. The van der Waals surface area contributed by atoms with Gasteiger partial charge in [0.15, 0.2) is 0 Å². The Hall–Kier alpha value is -0.0800. The number of nitrogens with one attached hydrogen (secondary N) is 1. The van der Waals surface area contributed by atoms with Gasteiger partial charge in [0.05, 0.1) is 0 Å². The molecule has 2 nitrogen and oxygen atoms in total. The maximum Gasteiger partial charge on any atom is 0.0329 e. The average Bonchev–Trinajstić information content (AvgIpc) is 3.11. The predicted octanol–water partition coefficient (Wildman–Crippen LogP) is 4.06. The summed E-state index contributed by atoms with van der Waals surface area (Å²) in [6.07, 6.45) is 11.4. The topological polar surface area (TPSA) is 15.3 Å². The van der Waals surface area contributed by atoms with Gasteiger partial charge in [0, 0.05) is 31.2 Å². The van der Waals surface area contributed by atoms with Crippen LogP contribution < -0.4 is 5.32 Å². The first-order valence-electron chi connectivity index (χ1n) is 9.69. The van der Waals surface area contributed by atoms with Crippen LogP contribution in [-0.4, -0.2) is 36.1 Å². The Morgan fingerprint density at radius 2 is 1.90 bits per heavy atom. The Balaban J connectivity index is 1.67. The molecule has 3 fully saturated rings. The normalized spacial score (nSPS) is 39.0. The number of hydrogen-bond acceptors (Lipinski definition) is 2. The lowest BCUT2D eigenvalue weighted by Crippen LogP contribution is -2.65. The van der Waals surface area contributed by atoms with Crippen molar-refractivity contribution in [1.29, 1.82) is 0 Å². The van der Waals surface area contributed by atoms with Crippen molar-refractivity contribution in [1.82, 2.24) is 10.2 Å². The first-order chi connectivity index (χ1) is 10.2. The molecular formula is C19H36N2. The van der Waals surface area contributed by atoms with E-state index in [0.29, 0.717) is 5.54 Å². The molecule has 0 aromatic carbocycles. The van der Waals surface area contributed by atoms with E-state index < -0.39 is 0 Å². The summed E-state index contributed by atoms with van der Waals surface area (Å²) in [5.41, 5.74) is 0.437. The highest BCUT2D eigenvalue weighted by Crippen LogP contribution is 2.49. The van der Waals surface area contributed by atoms with Crippen molar-refractivity contribution in [2.24, 2.45) is 17.8 Å². The summed E-state index contributed by atoms with van der Waals surface area (Å²) in [7, 11) is 0. The van der Waals surface area contributed by atoms with Gasteiger partial charge < -0.3 is 5.32 Å². The third-order valence-electron chi connectivity index (χ3n) is 7.12. The van der Waals surface area contributed by atoms with Crippen LogP contribution in [0.2, 0.25) is 0 Å². The van der Waals surface area contributed by atoms with Crippen LogP contribution in [0.1, 0.15) is 72.1 Å². The molecule has 0 aromatic rings. The molecule has 1 N–H and O–H groups in total. The fourth-order valence-corrected chi connectivity index (χ4v) is 5.61. The van der Waals surface area contributed by atoms with Gasteiger partial charge in [-0.3, -0.25) is 4.90 Å². The fourth-order valence-electron chi connectivity index (χ4n) is 5.61. The van der Waals surface area contributed by atoms with E-state index in [1.165, 1.54) is 64.6 Å². The lowest BCUT2D eigenvalue weighted by atomic mass is 9.82. The van der Waals surface area contributed by atoms with E-state index in [1.54, 1.807) is 6.42 Å². The third kappa shape index (κ3) is 3.03. The zero-order chi connectivity index (χ0) is 14.9. The first kappa shape index (κ1) is 15.8. The minimum atomic E-state index is 0.437. The highest BCUT2D eigenvalue weighted by atomic mass is 15.3. The van der Waals surface area contributed by atoms with E-state index in [1.807, 2.05) is 0 Å². The molecule has 4 atom stereocenters. The molecule has 122 valence electrons. The summed E-state index contributed by atoms with van der Waals surface area (Å²) in [5.74, 6) is 3.18. The van der Waals surface area contributed by atoms with Crippen molar-refractivity contribution >= 4 is 0 Å². The summed E-state index contributed by atoms with van der Waals surface area (Å²) in [6, 6.07) is 0.736. The molecular weight excluding hydrogens is 256 g/mol. The summed E-state index contributed by atoms with van der Waals surface area (Å²) >= 11 is 0. The highest BCUT2D eigenvalue weighted by molar-refractivity contribution is 5.00. The van der Waals surface area contributed by atoms with Gasteiger partial charge in [-0.05, 0) is 56.3 Å². The molecule has 21 heavy (non-hydrogen) atoms. The summed E-state index contributed by atoms with van der Waals surface area (Å²) < 4.78 is 0. The van der Waals surface area contributed by atoms with Crippen LogP contribution in [0.15, 0.2) is 0 Å². The van der Waals surface area contributed by atoms with Crippen molar-refractivity contribution in [3.63, 3.8) is 0 Å². The van der Waals surface area contributed by atoms with Gasteiger partial charge in [0.2, 0.25) is 0 Å². The quantitative estimate of drug-likeness (QED) is 0.794. The second-order valence-corrected chi connectivity index (χ2v) is 8.14.